The molecule has 5 aliphatic rings. The molecule has 0 spiro atoms. The Kier molecular flexibility index (Phi) is 7.04. The van der Waals surface area contributed by atoms with Gasteiger partial charge in [-0.15, -0.1) is 0 Å². The van der Waals surface area contributed by atoms with E-state index in [9.17, 15) is 10.2 Å². The molecular weight excluding hydrogens is 424 g/mol. The summed E-state index contributed by atoms with van der Waals surface area (Å²) in [4.78, 5) is 9.00. The van der Waals surface area contributed by atoms with Crippen LogP contribution in [0.25, 0.3) is 0 Å². The zero-order valence-corrected chi connectivity index (χ0v) is 22.8. The molecule has 196 valence electrons. The molecule has 0 radical (unpaired) electrons. The molecule has 0 aliphatic heterocycles. The maximum absolute atomic E-state index is 10.7. The van der Waals surface area contributed by atoms with Gasteiger partial charge in [0.2, 0.25) is 0 Å². The molecule has 0 heterocycles. The highest BCUT2D eigenvalue weighted by Crippen LogP contribution is 2.74. The van der Waals surface area contributed by atoms with Crippen molar-refractivity contribution >= 4 is 5.97 Å². The molecule has 3 N–H and O–H groups in total. The first-order valence-electron chi connectivity index (χ1n) is 14.3. The number of carbonyl (C=O) groups is 1. The van der Waals surface area contributed by atoms with Gasteiger partial charge < -0.3 is 15.3 Å². The van der Waals surface area contributed by atoms with Crippen molar-refractivity contribution in [3.63, 3.8) is 0 Å². The van der Waals surface area contributed by atoms with E-state index in [1.54, 1.807) is 0 Å². The molecule has 5 rings (SSSR count). The van der Waals surface area contributed by atoms with Gasteiger partial charge in [-0.1, -0.05) is 41.0 Å². The van der Waals surface area contributed by atoms with Gasteiger partial charge in [0.1, 0.15) is 0 Å². The van der Waals surface area contributed by atoms with Crippen molar-refractivity contribution in [1.82, 2.24) is 0 Å². The van der Waals surface area contributed by atoms with Crippen molar-refractivity contribution < 1.29 is 20.1 Å². The molecule has 4 heteroatoms. The molecule has 34 heavy (non-hydrogen) atoms. The zero-order valence-electron chi connectivity index (χ0n) is 22.8. The number of rotatable bonds is 1. The van der Waals surface area contributed by atoms with Crippen LogP contribution < -0.4 is 0 Å². The summed E-state index contributed by atoms with van der Waals surface area (Å²) >= 11 is 0. The summed E-state index contributed by atoms with van der Waals surface area (Å²) in [6.45, 7) is 14.1. The predicted molar refractivity (Wildman–Crippen MR) is 136 cm³/mol. The number of hydrogen-bond acceptors (Lipinski definition) is 3. The second-order valence-electron chi connectivity index (χ2n) is 14.3. The van der Waals surface area contributed by atoms with Crippen LogP contribution in [-0.4, -0.2) is 34.0 Å². The van der Waals surface area contributed by atoms with Crippen molar-refractivity contribution in [3.05, 3.63) is 0 Å². The first kappa shape index (κ1) is 26.5. The fourth-order valence-electron chi connectivity index (χ4n) is 10.9. The van der Waals surface area contributed by atoms with Crippen LogP contribution in [0.15, 0.2) is 0 Å². The second kappa shape index (κ2) is 9.05. The van der Waals surface area contributed by atoms with Gasteiger partial charge in [-0.05, 0) is 116 Å². The van der Waals surface area contributed by atoms with Crippen LogP contribution in [0, 0.1) is 57.2 Å². The predicted octanol–water partition coefficient (Wildman–Crippen LogP) is 6.53. The zero-order chi connectivity index (χ0) is 25.1. The molecule has 0 bridgehead atoms. The lowest BCUT2D eigenvalue weighted by Gasteiger charge is -2.71. The summed E-state index contributed by atoms with van der Waals surface area (Å²) < 4.78 is 0. The van der Waals surface area contributed by atoms with Crippen LogP contribution in [0.3, 0.4) is 0 Å². The van der Waals surface area contributed by atoms with Crippen LogP contribution >= 0.6 is 0 Å². The highest BCUT2D eigenvalue weighted by molar-refractivity contribution is 5.62. The summed E-state index contributed by atoms with van der Waals surface area (Å²) in [5.74, 6) is 3.54. The van der Waals surface area contributed by atoms with Crippen molar-refractivity contribution in [3.8, 4) is 0 Å². The topological polar surface area (TPSA) is 77.8 Å². The van der Waals surface area contributed by atoms with Gasteiger partial charge in [0.25, 0.3) is 5.97 Å². The van der Waals surface area contributed by atoms with E-state index in [2.05, 4.69) is 34.6 Å². The first-order chi connectivity index (χ1) is 15.8. The van der Waals surface area contributed by atoms with Crippen LogP contribution in [0.5, 0.6) is 0 Å². The number of carboxylic acid groups (broad SMARTS) is 1. The fraction of sp³-hybridized carbons (Fsp3) is 0.967. The van der Waals surface area contributed by atoms with E-state index < -0.39 is 5.97 Å². The average Bonchev–Trinajstić information content (AvgIpc) is 2.76. The third kappa shape index (κ3) is 3.88. The Balaban J connectivity index is 0.000000636. The summed E-state index contributed by atoms with van der Waals surface area (Å²) in [6.07, 6.45) is 14.2. The summed E-state index contributed by atoms with van der Waals surface area (Å²) in [6, 6.07) is 0. The monoisotopic (exact) mass is 476 g/mol. The standard InChI is InChI=1S/C28H48O2.C2H4O2/c1-18-8-11-25(3)14-15-26(4)20(21(25)16-18)9-12-27(5)23(26)10-13-28(17-29)19(2)22(30)6-7-24(27)28;1-2(3)4/h18-24,29-30H,6-17H2,1-5H3;1H3,(H,3,4). The molecule has 0 amide bonds. The van der Waals surface area contributed by atoms with Gasteiger partial charge in [-0.3, -0.25) is 4.79 Å². The van der Waals surface area contributed by atoms with Crippen LogP contribution in [0.1, 0.15) is 112 Å². The number of hydrogen-bond donors (Lipinski definition) is 3. The molecule has 0 saturated heterocycles. The van der Waals surface area contributed by atoms with E-state index >= 15 is 0 Å². The van der Waals surface area contributed by atoms with Crippen molar-refractivity contribution in [2.24, 2.45) is 57.2 Å². The Hall–Kier alpha value is -0.610. The largest absolute Gasteiger partial charge is 0.481 e. The van der Waals surface area contributed by atoms with Gasteiger partial charge in [0.15, 0.2) is 0 Å². The Morgan fingerprint density at radius 1 is 0.824 bits per heavy atom. The number of fused-ring (bicyclic) bond motifs is 7. The minimum absolute atomic E-state index is 0.0470. The Morgan fingerprint density at radius 3 is 2.15 bits per heavy atom. The SMILES string of the molecule is CC(=O)O.CC1CCC2(C)CCC3(C)C(CCC4(C)C3CCC3(CO)C(C)C(O)CCC43)C2C1. The van der Waals surface area contributed by atoms with Crippen molar-refractivity contribution in [2.75, 3.05) is 6.61 Å². The van der Waals surface area contributed by atoms with E-state index in [1.807, 2.05) is 0 Å². The Labute approximate surface area is 208 Å². The van der Waals surface area contributed by atoms with Gasteiger partial charge in [-0.2, -0.15) is 0 Å². The summed E-state index contributed by atoms with van der Waals surface area (Å²) in [5.41, 5.74) is 1.37. The quantitative estimate of drug-likeness (QED) is 0.402. The van der Waals surface area contributed by atoms with Gasteiger partial charge >= 0.3 is 0 Å². The van der Waals surface area contributed by atoms with Crippen molar-refractivity contribution in [2.45, 2.75) is 118 Å². The van der Waals surface area contributed by atoms with E-state index in [0.717, 1.165) is 49.9 Å². The molecule has 5 aliphatic carbocycles. The lowest BCUT2D eigenvalue weighted by molar-refractivity contribution is -0.238. The number of carboxylic acids is 1. The van der Waals surface area contributed by atoms with E-state index in [-0.39, 0.29) is 24.0 Å². The average molecular weight is 477 g/mol. The van der Waals surface area contributed by atoms with Gasteiger partial charge in [0, 0.05) is 18.9 Å². The molecule has 5 saturated carbocycles. The second-order valence-corrected chi connectivity index (χ2v) is 14.3. The minimum atomic E-state index is -0.833. The molecule has 11 unspecified atom stereocenters. The van der Waals surface area contributed by atoms with Crippen LogP contribution in [0.2, 0.25) is 0 Å². The number of aliphatic hydroxyl groups excluding tert-OH is 2. The van der Waals surface area contributed by atoms with E-state index in [1.165, 1.54) is 51.4 Å². The number of aliphatic carboxylic acids is 1. The van der Waals surface area contributed by atoms with Crippen LogP contribution in [0.4, 0.5) is 0 Å². The van der Waals surface area contributed by atoms with Gasteiger partial charge in [0.05, 0.1) is 6.10 Å². The molecule has 11 atom stereocenters. The summed E-state index contributed by atoms with van der Waals surface area (Å²) in [7, 11) is 0. The smallest absolute Gasteiger partial charge is 0.300 e. The van der Waals surface area contributed by atoms with E-state index in [0.29, 0.717) is 22.2 Å². The molecule has 4 nitrogen and oxygen atoms in total. The van der Waals surface area contributed by atoms with Crippen molar-refractivity contribution in [1.29, 1.82) is 0 Å². The fourth-order valence-corrected chi connectivity index (χ4v) is 10.9. The summed E-state index contributed by atoms with van der Waals surface area (Å²) in [5, 5.41) is 28.8. The normalized spacial score (nSPS) is 54.3. The van der Waals surface area contributed by atoms with Crippen LogP contribution in [-0.2, 0) is 4.79 Å². The third-order valence-corrected chi connectivity index (χ3v) is 12.8. The third-order valence-electron chi connectivity index (χ3n) is 12.8. The molecule has 5 fully saturated rings. The highest BCUT2D eigenvalue weighted by Gasteiger charge is 2.67. The maximum atomic E-state index is 10.7. The maximum Gasteiger partial charge on any atom is 0.300 e. The Bertz CT molecular complexity index is 763. The minimum Gasteiger partial charge on any atom is -0.481 e. The molecule has 0 aromatic heterocycles. The molecule has 0 aromatic carbocycles. The highest BCUT2D eigenvalue weighted by atomic mass is 16.4. The molecular formula is C30H52O4. The number of aliphatic hydroxyl groups is 2. The molecule has 0 aromatic rings. The lowest BCUT2D eigenvalue weighted by Crippen LogP contribution is -2.65. The Morgan fingerprint density at radius 2 is 1.50 bits per heavy atom. The lowest BCUT2D eigenvalue weighted by atomic mass is 9.34. The van der Waals surface area contributed by atoms with E-state index in [4.69, 9.17) is 9.90 Å². The van der Waals surface area contributed by atoms with Gasteiger partial charge in [-0.25, -0.2) is 0 Å². The first-order valence-corrected chi connectivity index (χ1v) is 14.3.